The summed E-state index contributed by atoms with van der Waals surface area (Å²) in [6.45, 7) is 3.26. The van der Waals surface area contributed by atoms with Gasteiger partial charge < -0.3 is 5.11 Å². The van der Waals surface area contributed by atoms with Crippen molar-refractivity contribution in [2.24, 2.45) is 5.92 Å². The monoisotopic (exact) mass is 293 g/mol. The lowest BCUT2D eigenvalue weighted by molar-refractivity contribution is -0.123. The fraction of sp³-hybridized carbons (Fsp3) is 1.00. The second-order valence-corrected chi connectivity index (χ2v) is 7.97. The van der Waals surface area contributed by atoms with Crippen LogP contribution in [0.25, 0.3) is 0 Å². The predicted molar refractivity (Wildman–Crippen MR) is 88.4 cm³/mol. The molecule has 1 N–H and O–H groups in total. The van der Waals surface area contributed by atoms with Crippen molar-refractivity contribution in [3.63, 3.8) is 0 Å². The summed E-state index contributed by atoms with van der Waals surface area (Å²) in [5, 5.41) is 10.2. The molecule has 0 amide bonds. The van der Waals surface area contributed by atoms with Crippen molar-refractivity contribution >= 4 is 0 Å². The largest absolute Gasteiger partial charge is 0.392 e. The maximum Gasteiger partial charge on any atom is 0.0668 e. The van der Waals surface area contributed by atoms with Gasteiger partial charge in [-0.25, -0.2) is 0 Å². The number of nitrogens with zero attached hydrogens (tertiary/aromatic N) is 1. The molecule has 2 heteroatoms. The van der Waals surface area contributed by atoms with Crippen LogP contribution in [0.3, 0.4) is 0 Å². The van der Waals surface area contributed by atoms with E-state index < -0.39 is 0 Å². The van der Waals surface area contributed by atoms with Gasteiger partial charge in [0.25, 0.3) is 0 Å². The average Bonchev–Trinajstić information content (AvgIpc) is 2.51. The SMILES string of the molecule is CCCCCC[C@@H]1CCC2CCCC[C@@]23CC[C@@H](O)CN13. The quantitative estimate of drug-likeness (QED) is 0.754. The Balaban J connectivity index is 1.68. The Morgan fingerprint density at radius 2 is 1.90 bits per heavy atom. The molecular weight excluding hydrogens is 258 g/mol. The van der Waals surface area contributed by atoms with E-state index in [0.717, 1.165) is 24.9 Å². The highest BCUT2D eigenvalue weighted by Crippen LogP contribution is 2.51. The Labute approximate surface area is 131 Å². The third-order valence-electron chi connectivity index (χ3n) is 6.74. The zero-order valence-electron chi connectivity index (χ0n) is 14.0. The molecule has 4 atom stereocenters. The molecule has 0 radical (unpaired) electrons. The van der Waals surface area contributed by atoms with Crippen LogP contribution in [0.1, 0.15) is 90.4 Å². The molecule has 0 aromatic rings. The molecule has 1 unspecified atom stereocenters. The van der Waals surface area contributed by atoms with Crippen LogP contribution in [0.5, 0.6) is 0 Å². The maximum absolute atomic E-state index is 10.2. The van der Waals surface area contributed by atoms with Crippen molar-refractivity contribution in [1.29, 1.82) is 0 Å². The van der Waals surface area contributed by atoms with Crippen molar-refractivity contribution in [3.8, 4) is 0 Å². The summed E-state index contributed by atoms with van der Waals surface area (Å²) in [5.41, 5.74) is 0.491. The van der Waals surface area contributed by atoms with E-state index in [-0.39, 0.29) is 6.10 Å². The number of aliphatic hydroxyl groups is 1. The van der Waals surface area contributed by atoms with Crippen LogP contribution in [-0.4, -0.2) is 34.2 Å². The van der Waals surface area contributed by atoms with Crippen LogP contribution in [0.2, 0.25) is 0 Å². The molecule has 2 nitrogen and oxygen atoms in total. The highest BCUT2D eigenvalue weighted by Gasteiger charge is 2.52. The standard InChI is InChI=1S/C19H35NO/c1-2-3-4-5-9-17-11-10-16-8-6-7-13-19(16)14-12-18(21)15-20(17)19/h16-18,21H,2-15H2,1H3/t16?,17-,18-,19-/m1/s1. The summed E-state index contributed by atoms with van der Waals surface area (Å²) < 4.78 is 0. The number of rotatable bonds is 5. The lowest BCUT2D eigenvalue weighted by Gasteiger charge is -2.61. The highest BCUT2D eigenvalue weighted by atomic mass is 16.3. The third kappa shape index (κ3) is 3.17. The van der Waals surface area contributed by atoms with Crippen molar-refractivity contribution in [2.75, 3.05) is 6.54 Å². The Kier molecular flexibility index (Phi) is 5.27. The van der Waals surface area contributed by atoms with Crippen molar-refractivity contribution < 1.29 is 5.11 Å². The van der Waals surface area contributed by atoms with Gasteiger partial charge in [-0.1, -0.05) is 45.4 Å². The molecule has 2 saturated heterocycles. The number of hydrogen-bond donors (Lipinski definition) is 1. The van der Waals surface area contributed by atoms with E-state index in [1.807, 2.05) is 0 Å². The van der Waals surface area contributed by atoms with Gasteiger partial charge in [0.05, 0.1) is 6.10 Å². The van der Waals surface area contributed by atoms with Gasteiger partial charge >= 0.3 is 0 Å². The molecule has 21 heavy (non-hydrogen) atoms. The summed E-state index contributed by atoms with van der Waals surface area (Å²) in [4.78, 5) is 2.82. The number of β-amino-alcohol motifs (C(OH)–C–C–N with tert-alkyl or cyclic N) is 1. The first-order chi connectivity index (χ1) is 10.3. The molecule has 2 aliphatic heterocycles. The Bertz CT molecular complexity index is 332. The van der Waals surface area contributed by atoms with Gasteiger partial charge in [0, 0.05) is 18.1 Å². The highest BCUT2D eigenvalue weighted by molar-refractivity contribution is 5.07. The third-order valence-corrected chi connectivity index (χ3v) is 6.74. The van der Waals surface area contributed by atoms with E-state index in [1.54, 1.807) is 0 Å². The van der Waals surface area contributed by atoms with Gasteiger partial charge in [0.2, 0.25) is 0 Å². The molecule has 2 heterocycles. The number of aliphatic hydroxyl groups excluding tert-OH is 1. The van der Waals surface area contributed by atoms with Crippen molar-refractivity contribution in [2.45, 2.75) is 108 Å². The van der Waals surface area contributed by atoms with Gasteiger partial charge in [0.1, 0.15) is 0 Å². The first-order valence-corrected chi connectivity index (χ1v) is 9.71. The van der Waals surface area contributed by atoms with Crippen molar-refractivity contribution in [1.82, 2.24) is 4.90 Å². The second-order valence-electron chi connectivity index (χ2n) is 7.97. The Morgan fingerprint density at radius 3 is 2.76 bits per heavy atom. The van der Waals surface area contributed by atoms with Crippen LogP contribution in [0.4, 0.5) is 0 Å². The van der Waals surface area contributed by atoms with E-state index >= 15 is 0 Å². The molecule has 3 fully saturated rings. The molecule has 3 rings (SSSR count). The summed E-state index contributed by atoms with van der Waals surface area (Å²) >= 11 is 0. The van der Waals surface area contributed by atoms with Gasteiger partial charge in [0.15, 0.2) is 0 Å². The molecule has 1 aliphatic carbocycles. The topological polar surface area (TPSA) is 23.5 Å². The minimum atomic E-state index is -0.0607. The minimum absolute atomic E-state index is 0.0607. The first kappa shape index (κ1) is 15.8. The molecular formula is C19H35NO. The first-order valence-electron chi connectivity index (χ1n) is 9.71. The Morgan fingerprint density at radius 1 is 1.00 bits per heavy atom. The van der Waals surface area contributed by atoms with Crippen LogP contribution in [0, 0.1) is 5.92 Å². The zero-order valence-corrected chi connectivity index (χ0v) is 14.0. The fourth-order valence-electron chi connectivity index (χ4n) is 5.64. The van der Waals surface area contributed by atoms with Crippen LogP contribution >= 0.6 is 0 Å². The number of piperidine rings is 2. The number of unbranched alkanes of at least 4 members (excludes halogenated alkanes) is 3. The average molecular weight is 293 g/mol. The zero-order chi connectivity index (χ0) is 14.7. The van der Waals surface area contributed by atoms with Crippen molar-refractivity contribution in [3.05, 3.63) is 0 Å². The molecule has 3 aliphatic rings. The lowest BCUT2D eigenvalue weighted by atomic mass is 9.62. The summed E-state index contributed by atoms with van der Waals surface area (Å²) in [7, 11) is 0. The van der Waals surface area contributed by atoms with Gasteiger partial charge in [-0.05, 0) is 50.9 Å². The molecule has 1 spiro atoms. The summed E-state index contributed by atoms with van der Waals surface area (Å²) in [5.74, 6) is 0.936. The predicted octanol–water partition coefficient (Wildman–Crippen LogP) is 4.50. The maximum atomic E-state index is 10.2. The second kappa shape index (κ2) is 7.00. The molecule has 0 aromatic carbocycles. The van der Waals surface area contributed by atoms with Crippen LogP contribution < -0.4 is 0 Å². The fourth-order valence-corrected chi connectivity index (χ4v) is 5.64. The molecule has 0 bridgehead atoms. The van der Waals surface area contributed by atoms with Crippen LogP contribution in [-0.2, 0) is 0 Å². The van der Waals surface area contributed by atoms with E-state index in [2.05, 4.69) is 11.8 Å². The molecule has 122 valence electrons. The Hall–Kier alpha value is -0.0800. The number of hydrogen-bond acceptors (Lipinski definition) is 2. The van der Waals surface area contributed by atoms with E-state index in [4.69, 9.17) is 0 Å². The smallest absolute Gasteiger partial charge is 0.0668 e. The molecule has 1 saturated carbocycles. The van der Waals surface area contributed by atoms with Gasteiger partial charge in [-0.15, -0.1) is 0 Å². The van der Waals surface area contributed by atoms with E-state index in [9.17, 15) is 5.11 Å². The minimum Gasteiger partial charge on any atom is -0.392 e. The summed E-state index contributed by atoms with van der Waals surface area (Å²) in [6, 6.07) is 0.770. The van der Waals surface area contributed by atoms with Gasteiger partial charge in [-0.2, -0.15) is 0 Å². The van der Waals surface area contributed by atoms with Gasteiger partial charge in [-0.3, -0.25) is 4.90 Å². The lowest BCUT2D eigenvalue weighted by Crippen LogP contribution is -2.66. The molecule has 0 aromatic heterocycles. The normalized spacial score (nSPS) is 40.6. The van der Waals surface area contributed by atoms with E-state index in [1.165, 1.54) is 77.0 Å². The van der Waals surface area contributed by atoms with Crippen LogP contribution in [0.15, 0.2) is 0 Å². The summed E-state index contributed by atoms with van der Waals surface area (Å²) in [6.07, 6.45) is 17.8. The van der Waals surface area contributed by atoms with E-state index in [0.29, 0.717) is 5.54 Å².